The highest BCUT2D eigenvalue weighted by molar-refractivity contribution is 5.46. The average molecular weight is 430 g/mol. The van der Waals surface area contributed by atoms with Gasteiger partial charge in [0.05, 0.1) is 5.60 Å². The lowest BCUT2D eigenvalue weighted by Crippen LogP contribution is -2.59. The Kier molecular flexibility index (Phi) is 5.36. The summed E-state index contributed by atoms with van der Waals surface area (Å²) in [5, 5.41) is 14.9. The Bertz CT molecular complexity index is 934. The molecule has 5 rings (SSSR count). The molecular formula is C24H28F2N2O3. The van der Waals surface area contributed by atoms with E-state index in [-0.39, 0.29) is 12.3 Å². The molecule has 1 saturated carbocycles. The second-order valence-corrected chi connectivity index (χ2v) is 9.02. The van der Waals surface area contributed by atoms with E-state index >= 15 is 0 Å². The van der Waals surface area contributed by atoms with Gasteiger partial charge in [-0.3, -0.25) is 4.90 Å². The van der Waals surface area contributed by atoms with Gasteiger partial charge in [-0.25, -0.2) is 8.78 Å². The van der Waals surface area contributed by atoms with E-state index < -0.39 is 17.2 Å². The molecule has 31 heavy (non-hydrogen) atoms. The maximum atomic E-state index is 13.9. The van der Waals surface area contributed by atoms with Gasteiger partial charge in [0, 0.05) is 37.8 Å². The summed E-state index contributed by atoms with van der Waals surface area (Å²) in [7, 11) is 0. The van der Waals surface area contributed by atoms with Crippen LogP contribution in [0.5, 0.6) is 11.5 Å². The van der Waals surface area contributed by atoms with Gasteiger partial charge in [0.25, 0.3) is 0 Å². The quantitative estimate of drug-likeness (QED) is 0.779. The molecule has 0 amide bonds. The van der Waals surface area contributed by atoms with Gasteiger partial charge in [-0.2, -0.15) is 0 Å². The van der Waals surface area contributed by atoms with E-state index in [9.17, 15) is 13.9 Å². The minimum atomic E-state index is -0.953. The van der Waals surface area contributed by atoms with E-state index in [0.717, 1.165) is 50.7 Å². The maximum absolute atomic E-state index is 13.9. The zero-order valence-electron chi connectivity index (χ0n) is 17.5. The molecule has 0 unspecified atom stereocenters. The van der Waals surface area contributed by atoms with Crippen molar-refractivity contribution in [3.63, 3.8) is 0 Å². The molecule has 2 aromatic carbocycles. The van der Waals surface area contributed by atoms with Crippen molar-refractivity contribution in [2.45, 2.75) is 43.2 Å². The molecule has 0 radical (unpaired) electrons. The third kappa shape index (κ3) is 4.02. The van der Waals surface area contributed by atoms with Crippen LogP contribution in [0.25, 0.3) is 0 Å². The Balaban J connectivity index is 1.41. The summed E-state index contributed by atoms with van der Waals surface area (Å²) < 4.78 is 38.6. The van der Waals surface area contributed by atoms with E-state index in [1.165, 1.54) is 12.1 Å². The summed E-state index contributed by atoms with van der Waals surface area (Å²) in [6, 6.07) is 9.43. The number of nitrogens with zero attached hydrogens (tertiary/aromatic N) is 1. The van der Waals surface area contributed by atoms with Crippen LogP contribution in [0.2, 0.25) is 0 Å². The second-order valence-electron chi connectivity index (χ2n) is 9.02. The van der Waals surface area contributed by atoms with Crippen molar-refractivity contribution in [2.75, 3.05) is 33.0 Å². The fraction of sp³-hybridized carbons (Fsp3) is 0.500. The molecule has 0 atom stereocenters. The predicted molar refractivity (Wildman–Crippen MR) is 112 cm³/mol. The van der Waals surface area contributed by atoms with Crippen molar-refractivity contribution in [3.05, 3.63) is 59.2 Å². The van der Waals surface area contributed by atoms with Gasteiger partial charge in [-0.15, -0.1) is 0 Å². The Morgan fingerprint density at radius 1 is 0.903 bits per heavy atom. The van der Waals surface area contributed by atoms with Crippen LogP contribution in [0.1, 0.15) is 36.8 Å². The van der Waals surface area contributed by atoms with Gasteiger partial charge >= 0.3 is 0 Å². The van der Waals surface area contributed by atoms with Gasteiger partial charge in [-0.05, 0) is 67.5 Å². The molecular weight excluding hydrogens is 402 g/mol. The molecule has 2 fully saturated rings. The summed E-state index contributed by atoms with van der Waals surface area (Å²) in [6.07, 6.45) is 3.22. The van der Waals surface area contributed by atoms with Crippen LogP contribution in [-0.2, 0) is 12.0 Å². The normalized spacial score (nSPS) is 28.6. The molecule has 2 N–H and O–H groups in total. The van der Waals surface area contributed by atoms with Crippen molar-refractivity contribution in [2.24, 2.45) is 0 Å². The fourth-order valence-electron chi connectivity index (χ4n) is 5.44. The molecule has 2 aliphatic heterocycles. The van der Waals surface area contributed by atoms with E-state index in [1.54, 1.807) is 0 Å². The summed E-state index contributed by atoms with van der Waals surface area (Å²) in [5.74, 6) is 0.280. The number of fused-ring (bicyclic) bond motifs is 1. The Hall–Kier alpha value is -2.22. The second kappa shape index (κ2) is 8.04. The molecule has 3 aliphatic rings. The summed E-state index contributed by atoms with van der Waals surface area (Å²) in [5.41, 5.74) is 0.323. The lowest BCUT2D eigenvalue weighted by atomic mass is 9.68. The Labute approximate surface area is 181 Å². The number of nitrogens with one attached hydrogen (secondary N) is 1. The number of hydrogen-bond acceptors (Lipinski definition) is 5. The zero-order valence-corrected chi connectivity index (χ0v) is 17.5. The third-order valence-electron chi connectivity index (χ3n) is 7.16. The molecule has 0 spiro atoms. The molecule has 166 valence electrons. The minimum absolute atomic E-state index is 0.202. The van der Waals surface area contributed by atoms with Gasteiger partial charge in [-0.1, -0.05) is 6.07 Å². The largest absolute Gasteiger partial charge is 0.454 e. The molecule has 7 heteroatoms. The van der Waals surface area contributed by atoms with Crippen LogP contribution in [0, 0.1) is 11.6 Å². The van der Waals surface area contributed by atoms with Crippen LogP contribution in [-0.4, -0.2) is 48.5 Å². The lowest BCUT2D eigenvalue weighted by molar-refractivity contribution is -0.0628. The van der Waals surface area contributed by atoms with Gasteiger partial charge in [0.1, 0.15) is 11.6 Å². The molecule has 1 aliphatic carbocycles. The molecule has 0 bridgehead atoms. The molecule has 2 heterocycles. The molecule has 5 nitrogen and oxygen atoms in total. The van der Waals surface area contributed by atoms with E-state index in [1.807, 2.05) is 18.2 Å². The smallest absolute Gasteiger partial charge is 0.231 e. The third-order valence-corrected chi connectivity index (χ3v) is 7.16. The molecule has 2 aromatic rings. The van der Waals surface area contributed by atoms with Crippen LogP contribution >= 0.6 is 0 Å². The SMILES string of the molecule is OC1(c2ccc3c(c2)OCO3)CCC(Cc2cc(F)cc(F)c2)(N2CCNCC2)CC1. The van der Waals surface area contributed by atoms with Gasteiger partial charge in [0.15, 0.2) is 11.5 Å². The van der Waals surface area contributed by atoms with Crippen molar-refractivity contribution in [1.29, 1.82) is 0 Å². The van der Waals surface area contributed by atoms with Gasteiger partial charge < -0.3 is 19.9 Å². The monoisotopic (exact) mass is 430 g/mol. The highest BCUT2D eigenvalue weighted by atomic mass is 19.1. The van der Waals surface area contributed by atoms with E-state index in [4.69, 9.17) is 9.47 Å². The van der Waals surface area contributed by atoms with Crippen LogP contribution in [0.4, 0.5) is 8.78 Å². The zero-order chi connectivity index (χ0) is 21.5. The number of rotatable bonds is 4. The first-order valence-corrected chi connectivity index (χ1v) is 11.0. The van der Waals surface area contributed by atoms with Gasteiger partial charge in [0.2, 0.25) is 6.79 Å². The summed E-state index contributed by atoms with van der Waals surface area (Å²) in [6.45, 7) is 3.77. The number of piperazine rings is 1. The first-order chi connectivity index (χ1) is 15.0. The van der Waals surface area contributed by atoms with Crippen molar-refractivity contribution >= 4 is 0 Å². The highest BCUT2D eigenvalue weighted by Gasteiger charge is 2.46. The standard InChI is InChI=1S/C24H28F2N2O3/c25-19-11-17(12-20(26)14-19)15-23(28-9-7-27-8-10-28)3-5-24(29,6-4-23)18-1-2-21-22(13-18)31-16-30-21/h1-2,11-14,27,29H,3-10,15-16H2. The number of aliphatic hydroxyl groups is 1. The van der Waals surface area contributed by atoms with E-state index in [2.05, 4.69) is 10.2 Å². The fourth-order valence-corrected chi connectivity index (χ4v) is 5.44. The summed E-state index contributed by atoms with van der Waals surface area (Å²) in [4.78, 5) is 2.45. The van der Waals surface area contributed by atoms with E-state index in [0.29, 0.717) is 36.3 Å². The van der Waals surface area contributed by atoms with Crippen LogP contribution < -0.4 is 14.8 Å². The summed E-state index contributed by atoms with van der Waals surface area (Å²) >= 11 is 0. The Morgan fingerprint density at radius 3 is 2.29 bits per heavy atom. The first-order valence-electron chi connectivity index (χ1n) is 11.0. The van der Waals surface area contributed by atoms with Crippen LogP contribution in [0.15, 0.2) is 36.4 Å². The molecule has 0 aromatic heterocycles. The topological polar surface area (TPSA) is 54.0 Å². The molecule has 1 saturated heterocycles. The number of benzene rings is 2. The van der Waals surface area contributed by atoms with Crippen molar-refractivity contribution in [3.8, 4) is 11.5 Å². The van der Waals surface area contributed by atoms with Crippen molar-refractivity contribution < 1.29 is 23.4 Å². The highest BCUT2D eigenvalue weighted by Crippen LogP contribution is 2.47. The van der Waals surface area contributed by atoms with Crippen LogP contribution in [0.3, 0.4) is 0 Å². The lowest BCUT2D eigenvalue weighted by Gasteiger charge is -2.52. The maximum Gasteiger partial charge on any atom is 0.231 e. The first kappa shape index (κ1) is 20.7. The number of ether oxygens (including phenoxy) is 2. The Morgan fingerprint density at radius 2 is 1.58 bits per heavy atom. The number of hydrogen-bond donors (Lipinski definition) is 2. The van der Waals surface area contributed by atoms with Crippen molar-refractivity contribution in [1.82, 2.24) is 10.2 Å². The predicted octanol–water partition coefficient (Wildman–Crippen LogP) is 3.34. The minimum Gasteiger partial charge on any atom is -0.454 e. The average Bonchev–Trinajstić information content (AvgIpc) is 3.24. The number of halogens is 2.